The van der Waals surface area contributed by atoms with E-state index in [0.717, 1.165) is 6.20 Å². The van der Waals surface area contributed by atoms with Gasteiger partial charge in [0.15, 0.2) is 22.2 Å². The molecular formula is C9H12ClNO5S. The third-order valence-electron chi connectivity index (χ3n) is 1.85. The number of nitrogens with zero attached hydrogens (tertiary/aromatic N) is 1. The third-order valence-corrected chi connectivity index (χ3v) is 3.45. The lowest BCUT2D eigenvalue weighted by molar-refractivity contribution is -0.605. The van der Waals surface area contributed by atoms with E-state index in [-0.39, 0.29) is 18.2 Å². The maximum Gasteiger partial charge on any atom is 0.304 e. The van der Waals surface area contributed by atoms with Crippen LogP contribution >= 0.6 is 12.4 Å². The number of hydrogen-bond acceptors (Lipinski definition) is 4. The first-order valence-corrected chi connectivity index (χ1v) is 6.31. The van der Waals surface area contributed by atoms with Gasteiger partial charge < -0.3 is 10.3 Å². The maximum atomic E-state index is 11.4. The quantitative estimate of drug-likeness (QED) is 0.611. The predicted molar refractivity (Wildman–Crippen MR) is 62.4 cm³/mol. The summed E-state index contributed by atoms with van der Waals surface area (Å²) in [4.78, 5) is 10.2. The number of aliphatic carboxylic acids is 1. The molecule has 0 bridgehead atoms. The summed E-state index contributed by atoms with van der Waals surface area (Å²) in [6.45, 7) is 0. The summed E-state index contributed by atoms with van der Waals surface area (Å²) < 4.78 is 23.4. The zero-order chi connectivity index (χ0) is 12.2. The van der Waals surface area contributed by atoms with Crippen molar-refractivity contribution < 1.29 is 23.0 Å². The third kappa shape index (κ3) is 6.08. The van der Waals surface area contributed by atoms with Crippen molar-refractivity contribution in [3.8, 4) is 0 Å². The van der Waals surface area contributed by atoms with Gasteiger partial charge in [-0.05, 0) is 6.07 Å². The van der Waals surface area contributed by atoms with Crippen LogP contribution in [0.25, 0.3) is 0 Å². The Hall–Kier alpha value is -1.34. The number of rotatable bonds is 5. The molecule has 8 heteroatoms. The van der Waals surface area contributed by atoms with Crippen molar-refractivity contribution in [3.05, 3.63) is 35.3 Å². The summed E-state index contributed by atoms with van der Waals surface area (Å²) in [6.07, 6.45) is 1.97. The number of aromatic nitrogens is 1. The summed E-state index contributed by atoms with van der Waals surface area (Å²) in [5, 5.41) is 19.2. The van der Waals surface area contributed by atoms with E-state index in [1.807, 2.05) is 0 Å². The van der Waals surface area contributed by atoms with Crippen LogP contribution in [-0.4, -0.2) is 25.2 Å². The molecule has 6 nitrogen and oxygen atoms in total. The highest BCUT2D eigenvalue weighted by molar-refractivity contribution is 7.90. The van der Waals surface area contributed by atoms with Crippen molar-refractivity contribution >= 4 is 28.2 Å². The minimum absolute atomic E-state index is 0. The Kier molecular flexibility index (Phi) is 5.90. The molecule has 0 aliphatic heterocycles. The second-order valence-electron chi connectivity index (χ2n) is 3.31. The van der Waals surface area contributed by atoms with Gasteiger partial charge in [-0.15, -0.1) is 12.4 Å². The van der Waals surface area contributed by atoms with E-state index in [4.69, 9.17) is 5.11 Å². The van der Waals surface area contributed by atoms with Gasteiger partial charge in [0.2, 0.25) is 0 Å². The van der Waals surface area contributed by atoms with Gasteiger partial charge in [-0.25, -0.2) is 8.42 Å². The van der Waals surface area contributed by atoms with Crippen LogP contribution in [-0.2, 0) is 20.4 Å². The maximum absolute atomic E-state index is 11.4. The highest BCUT2D eigenvalue weighted by atomic mass is 35.5. The van der Waals surface area contributed by atoms with Crippen molar-refractivity contribution in [3.63, 3.8) is 0 Å². The standard InChI is InChI=1S/C9H11NO5S.ClH/c11-9(12)3-5-16(14,15)7-8-2-1-4-10(13)6-8;/h1-2,4,6H,3,5,7H2,(H,11,12);1H. The number of carboxylic acid groups (broad SMARTS) is 1. The molecule has 0 radical (unpaired) electrons. The minimum atomic E-state index is -3.48. The first kappa shape index (κ1) is 15.7. The van der Waals surface area contributed by atoms with Crippen LogP contribution in [0.15, 0.2) is 24.5 Å². The Bertz CT molecular complexity index is 488. The molecule has 1 N–H and O–H groups in total. The second-order valence-corrected chi connectivity index (χ2v) is 5.49. The van der Waals surface area contributed by atoms with Crippen LogP contribution in [0, 0.1) is 5.21 Å². The topological polar surface area (TPSA) is 98.4 Å². The van der Waals surface area contributed by atoms with Gasteiger partial charge in [-0.3, -0.25) is 4.79 Å². The number of hydrogen-bond donors (Lipinski definition) is 1. The zero-order valence-electron chi connectivity index (χ0n) is 8.77. The normalized spacial score (nSPS) is 10.6. The van der Waals surface area contributed by atoms with Crippen LogP contribution in [0.4, 0.5) is 0 Å². The van der Waals surface area contributed by atoms with Gasteiger partial charge in [-0.2, -0.15) is 4.73 Å². The average molecular weight is 282 g/mol. The molecule has 96 valence electrons. The van der Waals surface area contributed by atoms with Crippen LogP contribution in [0.1, 0.15) is 12.0 Å². The summed E-state index contributed by atoms with van der Waals surface area (Å²) >= 11 is 0. The monoisotopic (exact) mass is 281 g/mol. The highest BCUT2D eigenvalue weighted by Gasteiger charge is 2.15. The van der Waals surface area contributed by atoms with Crippen molar-refractivity contribution in [2.75, 3.05) is 5.75 Å². The smallest absolute Gasteiger partial charge is 0.304 e. The Morgan fingerprint density at radius 3 is 2.65 bits per heavy atom. The Morgan fingerprint density at radius 1 is 1.47 bits per heavy atom. The largest absolute Gasteiger partial charge is 0.619 e. The van der Waals surface area contributed by atoms with Crippen LogP contribution in [0.3, 0.4) is 0 Å². The number of sulfone groups is 1. The number of halogens is 1. The molecule has 17 heavy (non-hydrogen) atoms. The summed E-state index contributed by atoms with van der Waals surface area (Å²) in [5.41, 5.74) is 0.350. The number of carbonyl (C=O) groups is 1. The second kappa shape index (κ2) is 6.41. The molecule has 1 rings (SSSR count). The van der Waals surface area contributed by atoms with E-state index in [1.54, 1.807) is 0 Å². The predicted octanol–water partition coefficient (Wildman–Crippen LogP) is 0.131. The van der Waals surface area contributed by atoms with Gasteiger partial charge in [0.1, 0.15) is 0 Å². The average Bonchev–Trinajstić information content (AvgIpc) is 2.14. The van der Waals surface area contributed by atoms with Gasteiger partial charge in [0, 0.05) is 11.6 Å². The fraction of sp³-hybridized carbons (Fsp3) is 0.333. The fourth-order valence-electron chi connectivity index (χ4n) is 1.16. The first-order valence-electron chi connectivity index (χ1n) is 4.49. The van der Waals surface area contributed by atoms with E-state index in [2.05, 4.69) is 0 Å². The first-order chi connectivity index (χ1) is 7.39. The SMILES string of the molecule is Cl.O=C(O)CCS(=O)(=O)Cc1ccc[n+]([O-])c1. The van der Waals surface area contributed by atoms with Crippen LogP contribution in [0.5, 0.6) is 0 Å². The summed E-state index contributed by atoms with van der Waals surface area (Å²) in [6, 6.07) is 2.95. The zero-order valence-corrected chi connectivity index (χ0v) is 10.4. The van der Waals surface area contributed by atoms with E-state index in [0.29, 0.717) is 10.3 Å². The van der Waals surface area contributed by atoms with Crippen molar-refractivity contribution in [1.82, 2.24) is 0 Å². The van der Waals surface area contributed by atoms with Gasteiger partial charge >= 0.3 is 5.97 Å². The molecular weight excluding hydrogens is 270 g/mol. The molecule has 0 aliphatic carbocycles. The molecule has 0 atom stereocenters. The van der Waals surface area contributed by atoms with Gasteiger partial charge in [0.25, 0.3) is 0 Å². The van der Waals surface area contributed by atoms with E-state index in [1.165, 1.54) is 18.3 Å². The minimum Gasteiger partial charge on any atom is -0.619 e. The molecule has 0 unspecified atom stereocenters. The Balaban J connectivity index is 0.00000256. The Morgan fingerprint density at radius 2 is 2.12 bits per heavy atom. The van der Waals surface area contributed by atoms with Crippen molar-refractivity contribution in [2.45, 2.75) is 12.2 Å². The van der Waals surface area contributed by atoms with Crippen LogP contribution in [0.2, 0.25) is 0 Å². The molecule has 0 amide bonds. The summed E-state index contributed by atoms with van der Waals surface area (Å²) in [7, 11) is -3.48. The van der Waals surface area contributed by atoms with Crippen LogP contribution < -0.4 is 4.73 Å². The lowest BCUT2D eigenvalue weighted by Crippen LogP contribution is -2.25. The molecule has 0 aromatic carbocycles. The molecule has 0 saturated carbocycles. The number of pyridine rings is 1. The van der Waals surface area contributed by atoms with Crippen molar-refractivity contribution in [1.29, 1.82) is 0 Å². The highest BCUT2D eigenvalue weighted by Crippen LogP contribution is 2.05. The van der Waals surface area contributed by atoms with Crippen molar-refractivity contribution in [2.24, 2.45) is 0 Å². The van der Waals surface area contributed by atoms with Gasteiger partial charge in [0.05, 0.1) is 17.9 Å². The van der Waals surface area contributed by atoms with Gasteiger partial charge in [-0.1, -0.05) is 0 Å². The van der Waals surface area contributed by atoms with E-state index in [9.17, 15) is 18.4 Å². The molecule has 1 aromatic rings. The number of carboxylic acids is 1. The molecule has 0 spiro atoms. The Labute approximate surface area is 105 Å². The molecule has 0 saturated heterocycles. The lowest BCUT2D eigenvalue weighted by atomic mass is 10.3. The molecule has 1 heterocycles. The van der Waals surface area contributed by atoms with E-state index >= 15 is 0 Å². The molecule has 0 fully saturated rings. The summed E-state index contributed by atoms with van der Waals surface area (Å²) in [5.74, 6) is -1.89. The molecule has 0 aliphatic rings. The van der Waals surface area contributed by atoms with E-state index < -0.39 is 28.0 Å². The fourth-order valence-corrected chi connectivity index (χ4v) is 2.46. The lowest BCUT2D eigenvalue weighted by Gasteiger charge is -2.02. The molecule has 1 aromatic heterocycles.